The number of amides is 2. The lowest BCUT2D eigenvalue weighted by Crippen LogP contribution is -2.45. The van der Waals surface area contributed by atoms with Gasteiger partial charge in [0, 0.05) is 45.0 Å². The maximum atomic E-state index is 12.5. The van der Waals surface area contributed by atoms with Crippen LogP contribution >= 0.6 is 0 Å². The number of likely N-dealkylation sites (tertiary alicyclic amines) is 1. The molecule has 1 aromatic carbocycles. The number of morpholine rings is 1. The molecule has 0 bridgehead atoms. The van der Waals surface area contributed by atoms with E-state index in [4.69, 9.17) is 9.47 Å². The number of ether oxygens (including phenoxy) is 2. The quantitative estimate of drug-likeness (QED) is 0.846. The van der Waals surface area contributed by atoms with E-state index in [1.54, 1.807) is 0 Å². The van der Waals surface area contributed by atoms with Crippen LogP contribution in [0.2, 0.25) is 0 Å². The molecule has 26 heavy (non-hydrogen) atoms. The summed E-state index contributed by atoms with van der Waals surface area (Å²) < 4.78 is 11.2. The van der Waals surface area contributed by atoms with Gasteiger partial charge in [0.05, 0.1) is 19.3 Å². The second kappa shape index (κ2) is 9.90. The lowest BCUT2D eigenvalue weighted by molar-refractivity contribution is 0.0115. The Balaban J connectivity index is 1.47. The Bertz CT molecular complexity index is 558. The number of nitrogens with zero attached hydrogens (tertiary/aromatic N) is 2. The van der Waals surface area contributed by atoms with Gasteiger partial charge in [-0.05, 0) is 37.0 Å². The number of carbonyl (C=O) groups excluding carboxylic acids is 1. The van der Waals surface area contributed by atoms with Gasteiger partial charge in [0.15, 0.2) is 0 Å². The Labute approximate surface area is 156 Å². The van der Waals surface area contributed by atoms with Gasteiger partial charge >= 0.3 is 6.03 Å². The van der Waals surface area contributed by atoms with Crippen molar-refractivity contribution in [3.63, 3.8) is 0 Å². The fraction of sp³-hybridized carbons (Fsp3) is 0.650. The van der Waals surface area contributed by atoms with Crippen molar-refractivity contribution < 1.29 is 14.3 Å². The Morgan fingerprint density at radius 3 is 2.73 bits per heavy atom. The summed E-state index contributed by atoms with van der Waals surface area (Å²) in [4.78, 5) is 16.8. The second-order valence-electron chi connectivity index (χ2n) is 7.10. The van der Waals surface area contributed by atoms with E-state index in [2.05, 4.69) is 29.3 Å². The van der Waals surface area contributed by atoms with Gasteiger partial charge in [0.2, 0.25) is 0 Å². The molecule has 6 nitrogen and oxygen atoms in total. The first kappa shape index (κ1) is 19.1. The third kappa shape index (κ3) is 5.69. The summed E-state index contributed by atoms with van der Waals surface area (Å²) in [6.07, 6.45) is 3.23. The van der Waals surface area contributed by atoms with Crippen molar-refractivity contribution in [1.29, 1.82) is 0 Å². The summed E-state index contributed by atoms with van der Waals surface area (Å²) in [5.41, 5.74) is 2.10. The van der Waals surface area contributed by atoms with E-state index in [-0.39, 0.29) is 12.1 Å². The van der Waals surface area contributed by atoms with Crippen LogP contribution in [-0.2, 0) is 16.0 Å². The molecule has 0 radical (unpaired) electrons. The number of rotatable bonds is 6. The van der Waals surface area contributed by atoms with E-state index in [0.717, 1.165) is 70.9 Å². The molecule has 0 spiro atoms. The van der Waals surface area contributed by atoms with E-state index in [1.165, 1.54) is 5.56 Å². The van der Waals surface area contributed by atoms with Gasteiger partial charge in [-0.25, -0.2) is 4.79 Å². The lowest BCUT2D eigenvalue weighted by atomic mass is 10.1. The summed E-state index contributed by atoms with van der Waals surface area (Å²) in [5.74, 6) is 0. The van der Waals surface area contributed by atoms with E-state index >= 15 is 0 Å². The smallest absolute Gasteiger partial charge is 0.321 e. The minimum absolute atomic E-state index is 0.0317. The molecule has 1 aromatic rings. The van der Waals surface area contributed by atoms with E-state index in [0.29, 0.717) is 6.54 Å². The van der Waals surface area contributed by atoms with E-state index in [1.807, 2.05) is 17.0 Å². The van der Waals surface area contributed by atoms with Gasteiger partial charge in [0.25, 0.3) is 0 Å². The van der Waals surface area contributed by atoms with Crippen LogP contribution < -0.4 is 5.32 Å². The largest absolute Gasteiger partial charge is 0.379 e. The minimum Gasteiger partial charge on any atom is -0.379 e. The highest BCUT2D eigenvalue weighted by Gasteiger charge is 2.24. The number of anilines is 1. The molecule has 3 rings (SSSR count). The van der Waals surface area contributed by atoms with E-state index < -0.39 is 0 Å². The van der Waals surface area contributed by atoms with Crippen LogP contribution in [0.15, 0.2) is 24.3 Å². The van der Waals surface area contributed by atoms with Crippen molar-refractivity contribution in [3.8, 4) is 0 Å². The van der Waals surface area contributed by atoms with Crippen LogP contribution in [0.4, 0.5) is 10.5 Å². The summed E-state index contributed by atoms with van der Waals surface area (Å²) in [6.45, 7) is 8.87. The highest BCUT2D eigenvalue weighted by molar-refractivity contribution is 5.89. The Morgan fingerprint density at radius 2 is 2.00 bits per heavy atom. The molecule has 0 unspecified atom stereocenters. The van der Waals surface area contributed by atoms with Crippen molar-refractivity contribution in [3.05, 3.63) is 29.8 Å². The van der Waals surface area contributed by atoms with E-state index in [9.17, 15) is 4.79 Å². The first-order chi connectivity index (χ1) is 12.7. The highest BCUT2D eigenvalue weighted by atomic mass is 16.5. The second-order valence-corrected chi connectivity index (χ2v) is 7.10. The van der Waals surface area contributed by atoms with Crippen LogP contribution in [-0.4, -0.2) is 67.9 Å². The van der Waals surface area contributed by atoms with Gasteiger partial charge < -0.3 is 19.7 Å². The zero-order valence-corrected chi connectivity index (χ0v) is 15.8. The van der Waals surface area contributed by atoms with Gasteiger partial charge in [-0.2, -0.15) is 0 Å². The number of benzene rings is 1. The highest BCUT2D eigenvalue weighted by Crippen LogP contribution is 2.17. The first-order valence-corrected chi connectivity index (χ1v) is 9.81. The normalized spacial score (nSPS) is 21.6. The summed E-state index contributed by atoms with van der Waals surface area (Å²) in [5, 5.41) is 3.02. The molecule has 6 heteroatoms. The third-order valence-corrected chi connectivity index (χ3v) is 4.94. The number of nitrogens with one attached hydrogen (secondary N) is 1. The molecule has 2 amide bonds. The standard InChI is InChI=1S/C20H31N3O3/c1-2-12-26-19-4-3-9-23(16-19)20(24)21-18-7-5-17(6-8-18)15-22-10-13-25-14-11-22/h5-8,19H,2-4,9-16H2,1H3,(H,21,24)/t19-/m0/s1. The van der Waals surface area contributed by atoms with Crippen molar-refractivity contribution in [2.24, 2.45) is 0 Å². The van der Waals surface area contributed by atoms with Crippen molar-refractivity contribution >= 4 is 11.7 Å². The molecule has 2 aliphatic rings. The van der Waals surface area contributed by atoms with Crippen molar-refractivity contribution in [2.45, 2.75) is 38.8 Å². The Morgan fingerprint density at radius 1 is 1.23 bits per heavy atom. The predicted molar refractivity (Wildman–Crippen MR) is 102 cm³/mol. The third-order valence-electron chi connectivity index (χ3n) is 4.94. The summed E-state index contributed by atoms with van der Waals surface area (Å²) >= 11 is 0. The van der Waals surface area contributed by atoms with Crippen molar-refractivity contribution in [1.82, 2.24) is 9.80 Å². The number of piperidine rings is 1. The molecule has 0 aliphatic carbocycles. The Hall–Kier alpha value is -1.63. The number of carbonyl (C=O) groups is 1. The molecule has 0 aromatic heterocycles. The Kier molecular flexibility index (Phi) is 7.29. The van der Waals surface area contributed by atoms with Crippen LogP contribution in [0.5, 0.6) is 0 Å². The number of hydrogen-bond acceptors (Lipinski definition) is 4. The van der Waals surface area contributed by atoms with Gasteiger partial charge in [0.1, 0.15) is 0 Å². The lowest BCUT2D eigenvalue weighted by Gasteiger charge is -2.32. The summed E-state index contributed by atoms with van der Waals surface area (Å²) in [7, 11) is 0. The maximum Gasteiger partial charge on any atom is 0.321 e. The zero-order chi connectivity index (χ0) is 18.2. The molecular weight excluding hydrogens is 330 g/mol. The van der Waals surface area contributed by atoms with Gasteiger partial charge in [-0.3, -0.25) is 4.90 Å². The van der Waals surface area contributed by atoms with Crippen molar-refractivity contribution in [2.75, 3.05) is 51.3 Å². The number of hydrogen-bond donors (Lipinski definition) is 1. The minimum atomic E-state index is -0.0317. The topological polar surface area (TPSA) is 54.0 Å². The fourth-order valence-electron chi connectivity index (χ4n) is 3.46. The molecule has 2 saturated heterocycles. The summed E-state index contributed by atoms with van der Waals surface area (Å²) in [6, 6.07) is 8.13. The maximum absolute atomic E-state index is 12.5. The monoisotopic (exact) mass is 361 g/mol. The average Bonchev–Trinajstić information content (AvgIpc) is 2.69. The molecule has 2 fully saturated rings. The first-order valence-electron chi connectivity index (χ1n) is 9.81. The molecule has 1 atom stereocenters. The van der Waals surface area contributed by atoms with Crippen LogP contribution in [0.1, 0.15) is 31.7 Å². The zero-order valence-electron chi connectivity index (χ0n) is 15.8. The van der Waals surface area contributed by atoms with Crippen LogP contribution in [0.25, 0.3) is 0 Å². The van der Waals surface area contributed by atoms with Crippen LogP contribution in [0.3, 0.4) is 0 Å². The molecular formula is C20H31N3O3. The SMILES string of the molecule is CCCO[C@H]1CCCN(C(=O)Nc2ccc(CN3CCOCC3)cc2)C1. The average molecular weight is 361 g/mol. The molecule has 2 heterocycles. The van der Waals surface area contributed by atoms with Gasteiger partial charge in [-0.15, -0.1) is 0 Å². The molecule has 2 aliphatic heterocycles. The molecule has 0 saturated carbocycles. The molecule has 1 N–H and O–H groups in total. The number of urea groups is 1. The van der Waals surface area contributed by atoms with Gasteiger partial charge in [-0.1, -0.05) is 19.1 Å². The molecule has 144 valence electrons. The predicted octanol–water partition coefficient (Wildman–Crippen LogP) is 2.94. The fourth-order valence-corrected chi connectivity index (χ4v) is 3.46. The van der Waals surface area contributed by atoms with Crippen LogP contribution in [0, 0.1) is 0 Å².